The fraction of sp³-hybridized carbons (Fsp3) is 0.600. The van der Waals surface area contributed by atoms with E-state index in [2.05, 4.69) is 0 Å². The fourth-order valence-corrected chi connectivity index (χ4v) is 2.51. The third-order valence-electron chi connectivity index (χ3n) is 3.58. The SMILES string of the molecule is CCOC(=O)c1cccn1CC(=O)N1CCCCCC1. The molecule has 1 fully saturated rings. The van der Waals surface area contributed by atoms with Crippen LogP contribution in [0.5, 0.6) is 0 Å². The Balaban J connectivity index is 2.00. The molecule has 2 rings (SSSR count). The van der Waals surface area contributed by atoms with E-state index in [1.54, 1.807) is 29.8 Å². The zero-order valence-corrected chi connectivity index (χ0v) is 12.0. The molecule has 0 saturated carbocycles. The lowest BCUT2D eigenvalue weighted by Crippen LogP contribution is -2.35. The number of carbonyl (C=O) groups is 2. The molecule has 1 aliphatic rings. The Hall–Kier alpha value is -1.78. The van der Waals surface area contributed by atoms with Gasteiger partial charge in [0.2, 0.25) is 5.91 Å². The average molecular weight is 278 g/mol. The smallest absolute Gasteiger partial charge is 0.354 e. The number of hydrogen-bond acceptors (Lipinski definition) is 3. The van der Waals surface area contributed by atoms with Crippen molar-refractivity contribution in [3.8, 4) is 0 Å². The van der Waals surface area contributed by atoms with Crippen LogP contribution in [-0.2, 0) is 16.1 Å². The molecule has 20 heavy (non-hydrogen) atoms. The van der Waals surface area contributed by atoms with E-state index in [0.717, 1.165) is 25.9 Å². The van der Waals surface area contributed by atoms with Gasteiger partial charge in [-0.15, -0.1) is 0 Å². The van der Waals surface area contributed by atoms with Gasteiger partial charge in [0.25, 0.3) is 0 Å². The van der Waals surface area contributed by atoms with E-state index in [1.165, 1.54) is 12.8 Å². The maximum Gasteiger partial charge on any atom is 0.354 e. The van der Waals surface area contributed by atoms with Crippen LogP contribution < -0.4 is 0 Å². The molecule has 2 heterocycles. The maximum absolute atomic E-state index is 12.3. The first-order valence-corrected chi connectivity index (χ1v) is 7.32. The van der Waals surface area contributed by atoms with Crippen molar-refractivity contribution in [1.82, 2.24) is 9.47 Å². The Morgan fingerprint density at radius 3 is 2.55 bits per heavy atom. The molecule has 0 bridgehead atoms. The molecule has 0 N–H and O–H groups in total. The average Bonchev–Trinajstić information content (AvgIpc) is 2.72. The summed E-state index contributed by atoms with van der Waals surface area (Å²) in [4.78, 5) is 26.0. The molecule has 0 spiro atoms. The first kappa shape index (κ1) is 14.6. The summed E-state index contributed by atoms with van der Waals surface area (Å²) < 4.78 is 6.66. The van der Waals surface area contributed by atoms with Crippen LogP contribution in [0.4, 0.5) is 0 Å². The summed E-state index contributed by atoms with van der Waals surface area (Å²) in [6, 6.07) is 3.45. The van der Waals surface area contributed by atoms with Crippen LogP contribution in [0.25, 0.3) is 0 Å². The highest BCUT2D eigenvalue weighted by atomic mass is 16.5. The Bertz CT molecular complexity index is 459. The summed E-state index contributed by atoms with van der Waals surface area (Å²) >= 11 is 0. The topological polar surface area (TPSA) is 51.5 Å². The molecular formula is C15H22N2O3. The summed E-state index contributed by atoms with van der Waals surface area (Å²) in [6.45, 7) is 3.97. The third-order valence-corrected chi connectivity index (χ3v) is 3.58. The van der Waals surface area contributed by atoms with Gasteiger partial charge in [-0.1, -0.05) is 12.8 Å². The van der Waals surface area contributed by atoms with Gasteiger partial charge in [0, 0.05) is 19.3 Å². The van der Waals surface area contributed by atoms with Crippen molar-refractivity contribution in [3.63, 3.8) is 0 Å². The zero-order chi connectivity index (χ0) is 14.4. The van der Waals surface area contributed by atoms with Crippen molar-refractivity contribution in [2.24, 2.45) is 0 Å². The number of likely N-dealkylation sites (tertiary alicyclic amines) is 1. The quantitative estimate of drug-likeness (QED) is 0.792. The van der Waals surface area contributed by atoms with Crippen molar-refractivity contribution in [1.29, 1.82) is 0 Å². The van der Waals surface area contributed by atoms with Crippen molar-refractivity contribution < 1.29 is 14.3 Å². The molecule has 1 aromatic heterocycles. The number of carbonyl (C=O) groups excluding carboxylic acids is 2. The Kier molecular flexibility index (Phi) is 5.21. The normalized spacial score (nSPS) is 15.8. The minimum Gasteiger partial charge on any atom is -0.461 e. The minimum absolute atomic E-state index is 0.0775. The van der Waals surface area contributed by atoms with Gasteiger partial charge in [0.1, 0.15) is 12.2 Å². The first-order valence-electron chi connectivity index (χ1n) is 7.32. The minimum atomic E-state index is -0.374. The number of amides is 1. The van der Waals surface area contributed by atoms with Crippen molar-refractivity contribution in [2.45, 2.75) is 39.2 Å². The van der Waals surface area contributed by atoms with Crippen LogP contribution in [-0.4, -0.2) is 41.0 Å². The first-order chi connectivity index (χ1) is 9.72. The second kappa shape index (κ2) is 7.12. The molecule has 1 amide bonds. The maximum atomic E-state index is 12.3. The van der Waals surface area contributed by atoms with E-state index in [1.807, 2.05) is 4.90 Å². The van der Waals surface area contributed by atoms with Gasteiger partial charge in [-0.2, -0.15) is 0 Å². The third kappa shape index (κ3) is 3.62. The number of nitrogens with zero attached hydrogens (tertiary/aromatic N) is 2. The summed E-state index contributed by atoms with van der Waals surface area (Å²) in [5, 5.41) is 0. The number of hydrogen-bond donors (Lipinski definition) is 0. The van der Waals surface area contributed by atoms with Crippen LogP contribution in [0, 0.1) is 0 Å². The summed E-state index contributed by atoms with van der Waals surface area (Å²) in [6.07, 6.45) is 6.29. The van der Waals surface area contributed by atoms with E-state index >= 15 is 0 Å². The predicted molar refractivity (Wildman–Crippen MR) is 75.4 cm³/mol. The van der Waals surface area contributed by atoms with Gasteiger partial charge in [0.05, 0.1) is 6.61 Å². The van der Waals surface area contributed by atoms with E-state index in [4.69, 9.17) is 4.74 Å². The van der Waals surface area contributed by atoms with Crippen LogP contribution in [0.1, 0.15) is 43.1 Å². The van der Waals surface area contributed by atoms with Gasteiger partial charge in [0.15, 0.2) is 0 Å². The molecule has 5 nitrogen and oxygen atoms in total. The summed E-state index contributed by atoms with van der Waals surface area (Å²) in [5.74, 6) is -0.296. The molecule has 0 atom stereocenters. The summed E-state index contributed by atoms with van der Waals surface area (Å²) in [7, 11) is 0. The van der Waals surface area contributed by atoms with Crippen LogP contribution >= 0.6 is 0 Å². The van der Waals surface area contributed by atoms with E-state index in [9.17, 15) is 9.59 Å². The van der Waals surface area contributed by atoms with Crippen LogP contribution in [0.15, 0.2) is 18.3 Å². The van der Waals surface area contributed by atoms with Crippen LogP contribution in [0.3, 0.4) is 0 Å². The lowest BCUT2D eigenvalue weighted by Gasteiger charge is -2.21. The standard InChI is InChI=1S/C15H22N2O3/c1-2-20-15(19)13-8-7-11-17(13)12-14(18)16-9-5-3-4-6-10-16/h7-8,11H,2-6,9-10,12H2,1H3. The molecule has 110 valence electrons. The van der Waals surface area contributed by atoms with E-state index in [-0.39, 0.29) is 18.4 Å². The van der Waals surface area contributed by atoms with Gasteiger partial charge in [-0.05, 0) is 31.9 Å². The number of ether oxygens (including phenoxy) is 1. The molecule has 1 aromatic rings. The van der Waals surface area contributed by atoms with Gasteiger partial charge in [-0.25, -0.2) is 4.79 Å². The summed E-state index contributed by atoms with van der Waals surface area (Å²) in [5.41, 5.74) is 0.440. The van der Waals surface area contributed by atoms with Crippen LogP contribution in [0.2, 0.25) is 0 Å². The van der Waals surface area contributed by atoms with Crippen molar-refractivity contribution in [2.75, 3.05) is 19.7 Å². The Morgan fingerprint density at radius 2 is 1.90 bits per heavy atom. The highest BCUT2D eigenvalue weighted by Crippen LogP contribution is 2.11. The lowest BCUT2D eigenvalue weighted by atomic mass is 10.2. The van der Waals surface area contributed by atoms with E-state index in [0.29, 0.717) is 12.3 Å². The second-order valence-electron chi connectivity index (χ2n) is 5.04. The predicted octanol–water partition coefficient (Wildman–Crippen LogP) is 2.07. The Morgan fingerprint density at radius 1 is 1.20 bits per heavy atom. The number of esters is 1. The van der Waals surface area contributed by atoms with E-state index < -0.39 is 0 Å². The van der Waals surface area contributed by atoms with Gasteiger partial charge in [-0.3, -0.25) is 4.79 Å². The molecule has 1 saturated heterocycles. The molecular weight excluding hydrogens is 256 g/mol. The second-order valence-corrected chi connectivity index (χ2v) is 5.04. The van der Waals surface area contributed by atoms with Crippen molar-refractivity contribution >= 4 is 11.9 Å². The van der Waals surface area contributed by atoms with Gasteiger partial charge < -0.3 is 14.2 Å². The molecule has 0 aromatic carbocycles. The lowest BCUT2D eigenvalue weighted by molar-refractivity contribution is -0.131. The zero-order valence-electron chi connectivity index (χ0n) is 12.0. The monoisotopic (exact) mass is 278 g/mol. The molecule has 5 heteroatoms. The highest BCUT2D eigenvalue weighted by Gasteiger charge is 2.18. The number of aromatic nitrogens is 1. The molecule has 0 radical (unpaired) electrons. The largest absolute Gasteiger partial charge is 0.461 e. The molecule has 0 unspecified atom stereocenters. The number of rotatable bonds is 4. The van der Waals surface area contributed by atoms with Gasteiger partial charge >= 0.3 is 5.97 Å². The Labute approximate surface area is 119 Å². The molecule has 0 aliphatic carbocycles. The fourth-order valence-electron chi connectivity index (χ4n) is 2.51. The van der Waals surface area contributed by atoms with Crippen molar-refractivity contribution in [3.05, 3.63) is 24.0 Å². The molecule has 1 aliphatic heterocycles. The highest BCUT2D eigenvalue weighted by molar-refractivity contribution is 5.88.